The highest BCUT2D eigenvalue weighted by atomic mass is 16.5. The summed E-state index contributed by atoms with van der Waals surface area (Å²) in [7, 11) is 1.56. The lowest BCUT2D eigenvalue weighted by Gasteiger charge is -2.27. The summed E-state index contributed by atoms with van der Waals surface area (Å²) in [5.74, 6) is 0.974. The van der Waals surface area contributed by atoms with Gasteiger partial charge in [0.15, 0.2) is 0 Å². The van der Waals surface area contributed by atoms with Crippen LogP contribution in [0.15, 0.2) is 41.2 Å². The molecule has 2 heterocycles. The van der Waals surface area contributed by atoms with Gasteiger partial charge < -0.3 is 19.7 Å². The Balaban J connectivity index is 1.70. The summed E-state index contributed by atoms with van der Waals surface area (Å²) in [6.45, 7) is 2.50. The van der Waals surface area contributed by atoms with Crippen molar-refractivity contribution in [3.8, 4) is 5.75 Å². The number of amides is 1. The minimum atomic E-state index is -0.331. The van der Waals surface area contributed by atoms with Crippen molar-refractivity contribution in [2.45, 2.75) is 6.54 Å². The number of hydrogen-bond donors (Lipinski definition) is 1. The van der Waals surface area contributed by atoms with Crippen molar-refractivity contribution < 1.29 is 14.3 Å². The van der Waals surface area contributed by atoms with Crippen LogP contribution in [0.1, 0.15) is 0 Å². The number of hydrogen-bond acceptors (Lipinski definition) is 6. The van der Waals surface area contributed by atoms with Crippen molar-refractivity contribution in [3.63, 3.8) is 0 Å². The van der Waals surface area contributed by atoms with Gasteiger partial charge in [-0.25, -0.2) is 4.68 Å². The number of ether oxygens (including phenoxy) is 2. The van der Waals surface area contributed by atoms with E-state index in [0.717, 1.165) is 0 Å². The molecule has 8 heteroatoms. The van der Waals surface area contributed by atoms with Gasteiger partial charge in [-0.1, -0.05) is 6.07 Å². The van der Waals surface area contributed by atoms with E-state index in [1.807, 2.05) is 4.90 Å². The number of rotatable bonds is 5. The van der Waals surface area contributed by atoms with Gasteiger partial charge in [-0.3, -0.25) is 9.59 Å². The molecule has 1 saturated heterocycles. The molecule has 0 bridgehead atoms. The van der Waals surface area contributed by atoms with Crippen LogP contribution in [-0.2, 0) is 16.1 Å². The Kier molecular flexibility index (Phi) is 5.30. The number of carbonyl (C=O) groups is 1. The van der Waals surface area contributed by atoms with Crippen molar-refractivity contribution in [3.05, 3.63) is 46.8 Å². The average molecular weight is 344 g/mol. The Morgan fingerprint density at radius 3 is 2.84 bits per heavy atom. The minimum Gasteiger partial charge on any atom is -0.497 e. The Labute approximate surface area is 145 Å². The molecular formula is C17H20N4O4. The van der Waals surface area contributed by atoms with Gasteiger partial charge in [0.25, 0.3) is 5.56 Å². The van der Waals surface area contributed by atoms with Gasteiger partial charge in [-0.2, -0.15) is 5.10 Å². The van der Waals surface area contributed by atoms with E-state index in [1.165, 1.54) is 10.7 Å². The van der Waals surface area contributed by atoms with Crippen LogP contribution >= 0.6 is 0 Å². The molecule has 1 aliphatic rings. The number of nitrogens with one attached hydrogen (secondary N) is 1. The first-order valence-corrected chi connectivity index (χ1v) is 8.00. The van der Waals surface area contributed by atoms with Gasteiger partial charge >= 0.3 is 0 Å². The highest BCUT2D eigenvalue weighted by molar-refractivity contribution is 5.90. The van der Waals surface area contributed by atoms with Gasteiger partial charge in [-0.05, 0) is 18.2 Å². The predicted octanol–water partition coefficient (Wildman–Crippen LogP) is 0.727. The second-order valence-corrected chi connectivity index (χ2v) is 5.57. The van der Waals surface area contributed by atoms with Crippen LogP contribution in [0.3, 0.4) is 0 Å². The summed E-state index contributed by atoms with van der Waals surface area (Å²) in [5.41, 5.74) is 0.277. The summed E-state index contributed by atoms with van der Waals surface area (Å²) >= 11 is 0. The maximum Gasteiger partial charge on any atom is 0.267 e. The van der Waals surface area contributed by atoms with Crippen molar-refractivity contribution in [2.75, 3.05) is 43.6 Å². The maximum atomic E-state index is 12.2. The predicted molar refractivity (Wildman–Crippen MR) is 93.2 cm³/mol. The van der Waals surface area contributed by atoms with E-state index < -0.39 is 0 Å². The number of nitrogens with zero attached hydrogens (tertiary/aromatic N) is 3. The molecule has 132 valence electrons. The van der Waals surface area contributed by atoms with E-state index in [-0.39, 0.29) is 18.0 Å². The van der Waals surface area contributed by atoms with Crippen LogP contribution in [0.5, 0.6) is 5.75 Å². The number of methoxy groups -OCH3 is 1. The van der Waals surface area contributed by atoms with Gasteiger partial charge in [0.05, 0.1) is 20.3 Å². The molecule has 0 unspecified atom stereocenters. The van der Waals surface area contributed by atoms with E-state index >= 15 is 0 Å². The standard InChI is InChI=1S/C17H20N4O4/c1-24-14-4-2-3-13(11-14)18-16(22)12-21-17(23)6-5-15(19-21)20-7-9-25-10-8-20/h2-6,11H,7-10,12H2,1H3,(H,18,22). The topological polar surface area (TPSA) is 85.7 Å². The molecule has 0 aliphatic carbocycles. The summed E-state index contributed by atoms with van der Waals surface area (Å²) in [4.78, 5) is 26.3. The van der Waals surface area contributed by atoms with Crippen molar-refractivity contribution in [1.82, 2.24) is 9.78 Å². The molecule has 0 radical (unpaired) electrons. The SMILES string of the molecule is COc1cccc(NC(=O)Cn2nc(N3CCOCC3)ccc2=O)c1. The zero-order chi connectivity index (χ0) is 17.6. The fourth-order valence-corrected chi connectivity index (χ4v) is 2.55. The third-order valence-electron chi connectivity index (χ3n) is 3.83. The molecule has 1 aromatic heterocycles. The third kappa shape index (κ3) is 4.36. The smallest absolute Gasteiger partial charge is 0.267 e. The first-order chi connectivity index (χ1) is 12.2. The summed E-state index contributed by atoms with van der Waals surface area (Å²) in [6, 6.07) is 10.1. The molecule has 0 saturated carbocycles. The van der Waals surface area contributed by atoms with Crippen LogP contribution in [-0.4, -0.2) is 49.1 Å². The van der Waals surface area contributed by atoms with Crippen molar-refractivity contribution in [2.24, 2.45) is 0 Å². The monoisotopic (exact) mass is 344 g/mol. The number of carbonyl (C=O) groups excluding carboxylic acids is 1. The third-order valence-corrected chi connectivity index (χ3v) is 3.83. The van der Waals surface area contributed by atoms with E-state index in [1.54, 1.807) is 37.4 Å². The van der Waals surface area contributed by atoms with E-state index in [0.29, 0.717) is 43.6 Å². The van der Waals surface area contributed by atoms with Crippen LogP contribution in [0.2, 0.25) is 0 Å². The molecule has 1 N–H and O–H groups in total. The fourth-order valence-electron chi connectivity index (χ4n) is 2.55. The lowest BCUT2D eigenvalue weighted by molar-refractivity contribution is -0.117. The average Bonchev–Trinajstić information content (AvgIpc) is 2.64. The Bertz CT molecular complexity index is 799. The number of anilines is 2. The second kappa shape index (κ2) is 7.80. The summed E-state index contributed by atoms with van der Waals surface area (Å²) in [5, 5.41) is 7.04. The minimum absolute atomic E-state index is 0.159. The van der Waals surface area contributed by atoms with Gasteiger partial charge in [0.1, 0.15) is 18.1 Å². The van der Waals surface area contributed by atoms with Crippen LogP contribution < -0.4 is 20.5 Å². The summed E-state index contributed by atoms with van der Waals surface area (Å²) in [6.07, 6.45) is 0. The lowest BCUT2D eigenvalue weighted by atomic mass is 10.3. The number of morpholine rings is 1. The first kappa shape index (κ1) is 17.0. The number of aromatic nitrogens is 2. The Morgan fingerprint density at radius 1 is 1.28 bits per heavy atom. The van der Waals surface area contributed by atoms with Gasteiger partial charge in [0, 0.05) is 30.9 Å². The Morgan fingerprint density at radius 2 is 2.08 bits per heavy atom. The van der Waals surface area contributed by atoms with Crippen molar-refractivity contribution >= 4 is 17.4 Å². The second-order valence-electron chi connectivity index (χ2n) is 5.57. The molecule has 1 aromatic carbocycles. The van der Waals surface area contributed by atoms with E-state index in [2.05, 4.69) is 10.4 Å². The molecule has 25 heavy (non-hydrogen) atoms. The van der Waals surface area contributed by atoms with Crippen molar-refractivity contribution in [1.29, 1.82) is 0 Å². The molecular weight excluding hydrogens is 324 g/mol. The molecule has 8 nitrogen and oxygen atoms in total. The fraction of sp³-hybridized carbons (Fsp3) is 0.353. The van der Waals surface area contributed by atoms with Gasteiger partial charge in [-0.15, -0.1) is 0 Å². The van der Waals surface area contributed by atoms with E-state index in [9.17, 15) is 9.59 Å². The normalized spacial score (nSPS) is 14.2. The lowest BCUT2D eigenvalue weighted by Crippen LogP contribution is -2.38. The zero-order valence-electron chi connectivity index (χ0n) is 14.0. The molecule has 0 spiro atoms. The van der Waals surface area contributed by atoms with Crippen LogP contribution in [0, 0.1) is 0 Å². The molecule has 1 amide bonds. The maximum absolute atomic E-state index is 12.2. The van der Waals surface area contributed by atoms with Gasteiger partial charge in [0.2, 0.25) is 5.91 Å². The molecule has 1 fully saturated rings. The Hall–Kier alpha value is -2.87. The quantitative estimate of drug-likeness (QED) is 0.861. The van der Waals surface area contributed by atoms with Crippen LogP contribution in [0.25, 0.3) is 0 Å². The summed E-state index contributed by atoms with van der Waals surface area (Å²) < 4.78 is 11.6. The highest BCUT2D eigenvalue weighted by Crippen LogP contribution is 2.16. The van der Waals surface area contributed by atoms with E-state index in [4.69, 9.17) is 9.47 Å². The molecule has 3 rings (SSSR count). The highest BCUT2D eigenvalue weighted by Gasteiger charge is 2.14. The molecule has 2 aromatic rings. The molecule has 1 aliphatic heterocycles. The van der Waals surface area contributed by atoms with Crippen LogP contribution in [0.4, 0.5) is 11.5 Å². The number of benzene rings is 1. The zero-order valence-corrected chi connectivity index (χ0v) is 14.0. The first-order valence-electron chi connectivity index (χ1n) is 8.00. The largest absolute Gasteiger partial charge is 0.497 e. The molecule has 0 atom stereocenters.